The highest BCUT2D eigenvalue weighted by Gasteiger charge is 2.38. The molecular formula is C12H13Cl2N5O. The van der Waals surface area contributed by atoms with E-state index in [9.17, 15) is 5.11 Å². The third-order valence-electron chi connectivity index (χ3n) is 3.45. The van der Waals surface area contributed by atoms with Crippen molar-refractivity contribution in [1.29, 1.82) is 0 Å². The molecule has 2 aromatic rings. The van der Waals surface area contributed by atoms with Crippen molar-refractivity contribution in [2.45, 2.75) is 18.4 Å². The Morgan fingerprint density at radius 2 is 2.20 bits per heavy atom. The van der Waals surface area contributed by atoms with Crippen LogP contribution in [0.3, 0.4) is 0 Å². The van der Waals surface area contributed by atoms with E-state index in [0.29, 0.717) is 34.5 Å². The maximum absolute atomic E-state index is 10.7. The molecule has 1 fully saturated rings. The Bertz CT molecular complexity index is 606. The average Bonchev–Trinajstić information content (AvgIpc) is 2.93. The fourth-order valence-corrected chi connectivity index (χ4v) is 2.99. The molecule has 0 amide bonds. The van der Waals surface area contributed by atoms with Crippen molar-refractivity contribution < 1.29 is 5.11 Å². The summed E-state index contributed by atoms with van der Waals surface area (Å²) in [7, 11) is 0. The molecule has 8 heteroatoms. The number of H-pyrrole nitrogens is 1. The van der Waals surface area contributed by atoms with Gasteiger partial charge in [0, 0.05) is 12.7 Å². The molecule has 0 unspecified atom stereocenters. The number of hydrogen-bond donors (Lipinski definition) is 2. The van der Waals surface area contributed by atoms with Gasteiger partial charge in [-0.15, -0.1) is 0 Å². The first-order valence-corrected chi connectivity index (χ1v) is 6.99. The van der Waals surface area contributed by atoms with Crippen molar-refractivity contribution in [3.05, 3.63) is 34.2 Å². The molecule has 0 aliphatic carbocycles. The van der Waals surface area contributed by atoms with E-state index < -0.39 is 5.60 Å². The van der Waals surface area contributed by atoms with Crippen molar-refractivity contribution in [3.63, 3.8) is 0 Å². The zero-order valence-electron chi connectivity index (χ0n) is 10.6. The Morgan fingerprint density at radius 3 is 2.90 bits per heavy atom. The van der Waals surface area contributed by atoms with Gasteiger partial charge in [-0.3, -0.25) is 0 Å². The molecule has 1 atom stereocenters. The molecular weight excluding hydrogens is 301 g/mol. The first-order valence-electron chi connectivity index (χ1n) is 6.23. The highest BCUT2D eigenvalue weighted by Crippen LogP contribution is 2.34. The minimum absolute atomic E-state index is 0.369. The number of anilines is 1. The molecule has 20 heavy (non-hydrogen) atoms. The Morgan fingerprint density at radius 1 is 1.35 bits per heavy atom. The lowest BCUT2D eigenvalue weighted by molar-refractivity contribution is 0.0175. The number of hydrogen-bond acceptors (Lipinski definition) is 5. The van der Waals surface area contributed by atoms with Gasteiger partial charge in [0.1, 0.15) is 17.1 Å². The highest BCUT2D eigenvalue weighted by molar-refractivity contribution is 6.36. The largest absolute Gasteiger partial charge is 0.382 e. The van der Waals surface area contributed by atoms with Crippen LogP contribution in [0.1, 0.15) is 18.5 Å². The van der Waals surface area contributed by atoms with E-state index >= 15 is 0 Å². The van der Waals surface area contributed by atoms with Crippen LogP contribution in [0.5, 0.6) is 0 Å². The van der Waals surface area contributed by atoms with Crippen molar-refractivity contribution >= 4 is 29.0 Å². The van der Waals surface area contributed by atoms with Crippen LogP contribution in [-0.4, -0.2) is 38.6 Å². The van der Waals surface area contributed by atoms with Crippen LogP contribution >= 0.6 is 23.2 Å². The normalized spacial score (nSPS) is 23.1. The first kappa shape index (κ1) is 13.6. The lowest BCUT2D eigenvalue weighted by Gasteiger charge is -2.38. The molecule has 106 valence electrons. The van der Waals surface area contributed by atoms with Gasteiger partial charge in [-0.25, -0.2) is 4.98 Å². The highest BCUT2D eigenvalue weighted by atomic mass is 35.5. The van der Waals surface area contributed by atoms with E-state index in [1.165, 1.54) is 0 Å². The Balaban J connectivity index is 1.88. The van der Waals surface area contributed by atoms with Gasteiger partial charge < -0.3 is 10.0 Å². The summed E-state index contributed by atoms with van der Waals surface area (Å²) in [5.74, 6) is 0.623. The fraction of sp³-hybridized carbons (Fsp3) is 0.417. The second-order valence-electron chi connectivity index (χ2n) is 4.87. The number of aliphatic hydroxyl groups is 1. The van der Waals surface area contributed by atoms with Gasteiger partial charge in [0.2, 0.25) is 0 Å². The first-order chi connectivity index (χ1) is 9.58. The summed E-state index contributed by atoms with van der Waals surface area (Å²) in [5.41, 5.74) is -0.511. The second-order valence-corrected chi connectivity index (χ2v) is 5.71. The van der Waals surface area contributed by atoms with Crippen LogP contribution in [-0.2, 0) is 5.60 Å². The molecule has 0 bridgehead atoms. The molecule has 6 nitrogen and oxygen atoms in total. The molecule has 3 heterocycles. The van der Waals surface area contributed by atoms with Crippen LogP contribution < -0.4 is 4.90 Å². The second kappa shape index (κ2) is 5.20. The van der Waals surface area contributed by atoms with E-state index in [-0.39, 0.29) is 0 Å². The van der Waals surface area contributed by atoms with Crippen LogP contribution in [0.4, 0.5) is 5.82 Å². The summed E-state index contributed by atoms with van der Waals surface area (Å²) in [6.45, 7) is 1.14. The minimum atomic E-state index is -1.05. The fourth-order valence-electron chi connectivity index (χ4n) is 2.49. The van der Waals surface area contributed by atoms with E-state index in [4.69, 9.17) is 23.2 Å². The van der Waals surface area contributed by atoms with Crippen LogP contribution in [0.25, 0.3) is 0 Å². The Labute approximate surface area is 125 Å². The summed E-state index contributed by atoms with van der Waals surface area (Å²) in [4.78, 5) is 6.20. The quantitative estimate of drug-likeness (QED) is 0.886. The van der Waals surface area contributed by atoms with Gasteiger partial charge in [0.15, 0.2) is 0 Å². The SMILES string of the molecule is O[C@@]1(c2cn[nH]n2)CCCN(c2ncc(Cl)cc2Cl)C1. The molecule has 0 saturated carbocycles. The van der Waals surface area contributed by atoms with E-state index in [0.717, 1.165) is 13.0 Å². The number of halogens is 2. The van der Waals surface area contributed by atoms with Crippen molar-refractivity contribution in [1.82, 2.24) is 20.4 Å². The summed E-state index contributed by atoms with van der Waals surface area (Å²) in [6.07, 6.45) is 4.53. The number of nitrogens with zero attached hydrogens (tertiary/aromatic N) is 4. The number of piperidine rings is 1. The van der Waals surface area contributed by atoms with Gasteiger partial charge in [0.05, 0.1) is 22.8 Å². The summed E-state index contributed by atoms with van der Waals surface area (Å²) < 4.78 is 0. The van der Waals surface area contributed by atoms with Gasteiger partial charge >= 0.3 is 0 Å². The molecule has 0 radical (unpaired) electrons. The summed E-state index contributed by atoms with van der Waals surface area (Å²) >= 11 is 12.0. The third-order valence-corrected chi connectivity index (χ3v) is 3.94. The molecule has 1 saturated heterocycles. The van der Waals surface area contributed by atoms with Crippen LogP contribution in [0.15, 0.2) is 18.5 Å². The molecule has 1 aliphatic rings. The van der Waals surface area contributed by atoms with E-state index in [1.807, 2.05) is 4.90 Å². The third kappa shape index (κ3) is 2.46. The molecule has 2 aromatic heterocycles. The van der Waals surface area contributed by atoms with Gasteiger partial charge in [-0.1, -0.05) is 23.2 Å². The standard InChI is InChI=1S/C12H13Cl2N5O/c13-8-4-9(14)11(15-5-8)19-3-1-2-12(20,7-19)10-6-16-18-17-10/h4-6,20H,1-3,7H2,(H,16,17,18)/t12-/m0/s1. The summed E-state index contributed by atoms with van der Waals surface area (Å²) in [5, 5.41) is 22.0. The van der Waals surface area contributed by atoms with Gasteiger partial charge in [0.25, 0.3) is 0 Å². The number of β-amino-alcohol motifs (C(OH)–C–C–N with tert-alkyl or cyclic N) is 1. The molecule has 3 rings (SSSR count). The zero-order chi connectivity index (χ0) is 14.2. The molecule has 0 spiro atoms. The van der Waals surface area contributed by atoms with Crippen LogP contribution in [0, 0.1) is 0 Å². The Kier molecular flexibility index (Phi) is 3.54. The number of pyridine rings is 1. The Hall–Kier alpha value is -1.37. The smallest absolute Gasteiger partial charge is 0.147 e. The van der Waals surface area contributed by atoms with Gasteiger partial charge in [-0.05, 0) is 18.9 Å². The predicted octanol–water partition coefficient (Wildman–Crippen LogP) is 1.99. The number of aromatic nitrogens is 4. The van der Waals surface area contributed by atoms with E-state index in [1.54, 1.807) is 18.5 Å². The molecule has 2 N–H and O–H groups in total. The lowest BCUT2D eigenvalue weighted by atomic mass is 9.90. The van der Waals surface area contributed by atoms with Crippen LogP contribution in [0.2, 0.25) is 10.0 Å². The summed E-state index contributed by atoms with van der Waals surface area (Å²) in [6, 6.07) is 1.65. The average molecular weight is 314 g/mol. The number of nitrogens with one attached hydrogen (secondary N) is 1. The monoisotopic (exact) mass is 313 g/mol. The predicted molar refractivity (Wildman–Crippen MR) is 76.0 cm³/mol. The zero-order valence-corrected chi connectivity index (χ0v) is 12.1. The van der Waals surface area contributed by atoms with Crippen molar-refractivity contribution in [2.24, 2.45) is 0 Å². The maximum atomic E-state index is 10.7. The minimum Gasteiger partial charge on any atom is -0.382 e. The number of aromatic amines is 1. The topological polar surface area (TPSA) is 77.9 Å². The number of rotatable bonds is 2. The lowest BCUT2D eigenvalue weighted by Crippen LogP contribution is -2.46. The van der Waals surface area contributed by atoms with Crippen molar-refractivity contribution in [2.75, 3.05) is 18.0 Å². The van der Waals surface area contributed by atoms with Crippen molar-refractivity contribution in [3.8, 4) is 0 Å². The molecule has 1 aliphatic heterocycles. The molecule has 0 aromatic carbocycles. The van der Waals surface area contributed by atoms with E-state index in [2.05, 4.69) is 20.4 Å². The van der Waals surface area contributed by atoms with Gasteiger partial charge in [-0.2, -0.15) is 15.4 Å². The maximum Gasteiger partial charge on any atom is 0.147 e.